The van der Waals surface area contributed by atoms with Crippen molar-refractivity contribution in [2.75, 3.05) is 0 Å². The van der Waals surface area contributed by atoms with Crippen molar-refractivity contribution < 1.29 is 19.2 Å². The highest BCUT2D eigenvalue weighted by Crippen LogP contribution is 2.38. The van der Waals surface area contributed by atoms with Crippen LogP contribution in [-0.2, 0) is 9.31 Å². The Hall–Kier alpha value is -5.94. The third-order valence-corrected chi connectivity index (χ3v) is 11.1. The monoisotopic (exact) mass is 804 g/mol. The third-order valence-electron chi connectivity index (χ3n) is 10.5. The minimum Gasteiger partial charge on any atom is -0.399 e. The van der Waals surface area contributed by atoms with Crippen LogP contribution in [0.25, 0.3) is 54.2 Å². The van der Waals surface area contributed by atoms with Gasteiger partial charge >= 0.3 is 7.12 Å². The molecule has 56 heavy (non-hydrogen) atoms. The number of nitrogens with zero attached hydrogens (tertiary/aromatic N) is 2. The number of hydrogen-bond acceptors (Lipinski definition) is 6. The van der Waals surface area contributed by atoms with Gasteiger partial charge in [-0.1, -0.05) is 109 Å². The molecule has 1 fully saturated rings. The highest BCUT2D eigenvalue weighted by atomic mass is 79.9. The van der Waals surface area contributed by atoms with E-state index < -0.39 is 4.92 Å². The van der Waals surface area contributed by atoms with Crippen molar-refractivity contribution in [2.45, 2.75) is 38.9 Å². The standard InChI is InChI=1S/C20H21BO2.C20H13NO2.C6H4BrNO2/c1-19(2)20(3,4)23-21(22-19)18-11-7-10-16-12-14-8-5-6-9-15(14)13-17(16)18;22-21(23)20-11-4-3-9-18(20)17-10-5-8-16-12-14-6-1-2-7-15(14)13-19(16)17;7-5-3-1-2-4-6(5)8(9)10/h5-13H,1-4H3;1-13H;1-4H. The molecule has 1 aliphatic heterocycles. The Morgan fingerprint density at radius 1 is 0.482 bits per heavy atom. The van der Waals surface area contributed by atoms with Gasteiger partial charge in [-0.15, -0.1) is 0 Å². The van der Waals surface area contributed by atoms with Crippen LogP contribution in [0.15, 0.2) is 162 Å². The molecule has 0 N–H and O–H groups in total. The van der Waals surface area contributed by atoms with Crippen LogP contribution in [0.5, 0.6) is 0 Å². The number of fused-ring (bicyclic) bond motifs is 4. The molecule has 0 atom stereocenters. The van der Waals surface area contributed by atoms with Crippen LogP contribution in [0.4, 0.5) is 11.4 Å². The Kier molecular flexibility index (Phi) is 10.7. The summed E-state index contributed by atoms with van der Waals surface area (Å²) < 4.78 is 13.0. The smallest absolute Gasteiger partial charge is 0.399 e. The second kappa shape index (κ2) is 15.7. The Morgan fingerprint density at radius 2 is 0.893 bits per heavy atom. The zero-order valence-corrected chi connectivity index (χ0v) is 32.9. The topological polar surface area (TPSA) is 105 Å². The van der Waals surface area contributed by atoms with Gasteiger partial charge in [-0.25, -0.2) is 0 Å². The predicted molar refractivity (Wildman–Crippen MR) is 232 cm³/mol. The summed E-state index contributed by atoms with van der Waals surface area (Å²) in [5.41, 5.74) is 2.23. The van der Waals surface area contributed by atoms with Gasteiger partial charge in [0.25, 0.3) is 11.4 Å². The molecule has 1 saturated heterocycles. The first-order valence-corrected chi connectivity index (χ1v) is 18.9. The molecule has 1 heterocycles. The Labute approximate surface area is 333 Å². The zero-order valence-electron chi connectivity index (χ0n) is 31.3. The van der Waals surface area contributed by atoms with E-state index in [1.165, 1.54) is 33.0 Å². The predicted octanol–water partition coefficient (Wildman–Crippen LogP) is 12.2. The molecule has 9 rings (SSSR count). The van der Waals surface area contributed by atoms with Crippen LogP contribution < -0.4 is 5.46 Å². The SMILES string of the molecule is CC1(C)OB(c2cccc3cc4ccccc4cc23)OC1(C)C.O=[N+]([O-])c1ccccc1-c1cccc2cc3ccccc3cc12.O=[N+]([O-])c1ccccc1Br. The summed E-state index contributed by atoms with van der Waals surface area (Å²) >= 11 is 3.06. The fourth-order valence-corrected chi connectivity index (χ4v) is 7.26. The van der Waals surface area contributed by atoms with Gasteiger partial charge in [0.2, 0.25) is 0 Å². The van der Waals surface area contributed by atoms with E-state index in [1.54, 1.807) is 30.3 Å². The molecule has 0 spiro atoms. The van der Waals surface area contributed by atoms with Gasteiger partial charge in [0.15, 0.2) is 0 Å². The summed E-state index contributed by atoms with van der Waals surface area (Å²) in [5.74, 6) is 0. The summed E-state index contributed by atoms with van der Waals surface area (Å²) in [6.45, 7) is 8.36. The van der Waals surface area contributed by atoms with Gasteiger partial charge in [-0.3, -0.25) is 20.2 Å². The van der Waals surface area contributed by atoms with Crippen molar-refractivity contribution in [3.05, 3.63) is 182 Å². The number of nitro groups is 2. The quantitative estimate of drug-likeness (QED) is 0.0759. The molecule has 8 aromatic rings. The lowest BCUT2D eigenvalue weighted by molar-refractivity contribution is -0.385. The highest BCUT2D eigenvalue weighted by molar-refractivity contribution is 9.10. The summed E-state index contributed by atoms with van der Waals surface area (Å²) in [6.07, 6.45) is 0. The first-order valence-electron chi connectivity index (χ1n) is 18.1. The first kappa shape index (κ1) is 38.3. The van der Waals surface area contributed by atoms with Crippen LogP contribution >= 0.6 is 15.9 Å². The second-order valence-electron chi connectivity index (χ2n) is 14.6. The van der Waals surface area contributed by atoms with Crippen LogP contribution in [0.3, 0.4) is 0 Å². The third kappa shape index (κ3) is 7.77. The molecule has 10 heteroatoms. The average molecular weight is 806 g/mol. The molecule has 0 amide bonds. The minimum atomic E-state index is -0.427. The van der Waals surface area contributed by atoms with Crippen LogP contribution in [0.2, 0.25) is 0 Å². The van der Waals surface area contributed by atoms with E-state index in [9.17, 15) is 20.2 Å². The summed E-state index contributed by atoms with van der Waals surface area (Å²) in [7, 11) is -0.329. The molecular weight excluding hydrogens is 767 g/mol. The van der Waals surface area contributed by atoms with E-state index in [4.69, 9.17) is 9.31 Å². The van der Waals surface area contributed by atoms with Gasteiger partial charge in [-0.05, 0) is 134 Å². The van der Waals surface area contributed by atoms with Crippen molar-refractivity contribution >= 4 is 83.0 Å². The second-order valence-corrected chi connectivity index (χ2v) is 15.4. The molecule has 1 aliphatic rings. The minimum absolute atomic E-state index is 0.0995. The number of nitro benzene ring substituents is 2. The van der Waals surface area contributed by atoms with Crippen molar-refractivity contribution in [2.24, 2.45) is 0 Å². The van der Waals surface area contributed by atoms with E-state index in [-0.39, 0.29) is 34.6 Å². The molecule has 278 valence electrons. The van der Waals surface area contributed by atoms with Gasteiger partial charge in [0.1, 0.15) is 0 Å². The van der Waals surface area contributed by atoms with Crippen molar-refractivity contribution in [3.63, 3.8) is 0 Å². The van der Waals surface area contributed by atoms with Crippen LogP contribution in [0, 0.1) is 20.2 Å². The normalized spacial score (nSPS) is 14.2. The van der Waals surface area contributed by atoms with E-state index in [1.807, 2.05) is 42.5 Å². The highest BCUT2D eigenvalue weighted by Gasteiger charge is 2.52. The van der Waals surface area contributed by atoms with Crippen molar-refractivity contribution in [1.82, 2.24) is 0 Å². The fraction of sp³-hybridized carbons (Fsp3) is 0.130. The first-order chi connectivity index (χ1) is 26.8. The van der Waals surface area contributed by atoms with E-state index in [0.29, 0.717) is 10.0 Å². The molecule has 0 unspecified atom stereocenters. The lowest BCUT2D eigenvalue weighted by atomic mass is 9.76. The molecular formula is C46H38BBrN2O6. The molecule has 0 bridgehead atoms. The number of halogens is 1. The number of rotatable bonds is 4. The largest absolute Gasteiger partial charge is 0.495 e. The van der Waals surface area contributed by atoms with Gasteiger partial charge < -0.3 is 9.31 Å². The lowest BCUT2D eigenvalue weighted by Crippen LogP contribution is -2.41. The summed E-state index contributed by atoms with van der Waals surface area (Å²) in [6, 6.07) is 50.9. The van der Waals surface area contributed by atoms with Gasteiger partial charge in [-0.2, -0.15) is 0 Å². The summed E-state index contributed by atoms with van der Waals surface area (Å²) in [4.78, 5) is 20.8. The molecule has 0 saturated carbocycles. The Morgan fingerprint density at radius 3 is 1.43 bits per heavy atom. The molecule has 0 aliphatic carbocycles. The number of hydrogen-bond donors (Lipinski definition) is 0. The van der Waals surface area contributed by atoms with Crippen molar-refractivity contribution in [3.8, 4) is 11.1 Å². The molecule has 0 radical (unpaired) electrons. The maximum Gasteiger partial charge on any atom is 0.495 e. The van der Waals surface area contributed by atoms with Crippen LogP contribution in [0.1, 0.15) is 27.7 Å². The summed E-state index contributed by atoms with van der Waals surface area (Å²) in [5, 5.41) is 30.9. The Balaban J connectivity index is 0.000000139. The fourth-order valence-electron chi connectivity index (χ4n) is 6.83. The van der Waals surface area contributed by atoms with Crippen molar-refractivity contribution in [1.29, 1.82) is 0 Å². The lowest BCUT2D eigenvalue weighted by Gasteiger charge is -2.32. The number of benzene rings is 8. The maximum absolute atomic E-state index is 11.3. The molecule has 8 nitrogen and oxygen atoms in total. The van der Waals surface area contributed by atoms with E-state index >= 15 is 0 Å². The van der Waals surface area contributed by atoms with Gasteiger partial charge in [0.05, 0.1) is 31.1 Å². The Bertz CT molecular complexity index is 2750. The molecule has 0 aromatic heterocycles. The zero-order chi connectivity index (χ0) is 39.6. The van der Waals surface area contributed by atoms with E-state index in [0.717, 1.165) is 27.2 Å². The average Bonchev–Trinajstić information content (AvgIpc) is 3.41. The van der Waals surface area contributed by atoms with E-state index in [2.05, 4.69) is 122 Å². The van der Waals surface area contributed by atoms with Crippen LogP contribution in [-0.4, -0.2) is 28.2 Å². The molecule has 8 aromatic carbocycles. The number of para-hydroxylation sites is 2. The van der Waals surface area contributed by atoms with Gasteiger partial charge in [0, 0.05) is 12.1 Å². The maximum atomic E-state index is 11.3.